The van der Waals surface area contributed by atoms with Gasteiger partial charge in [0, 0.05) is 0 Å². The molecule has 0 bridgehead atoms. The summed E-state index contributed by atoms with van der Waals surface area (Å²) >= 11 is 10.7. The summed E-state index contributed by atoms with van der Waals surface area (Å²) in [5.41, 5.74) is 0. The molecule has 1 saturated carbocycles. The maximum Gasteiger partial charge on any atom is 0.339 e. The van der Waals surface area contributed by atoms with E-state index in [1.54, 1.807) is 0 Å². The van der Waals surface area contributed by atoms with Gasteiger partial charge in [-0.05, 0) is 25.7 Å². The summed E-state index contributed by atoms with van der Waals surface area (Å²) in [5.74, 6) is -0.509. The predicted octanol–water partition coefficient (Wildman–Crippen LogP) is 2.67. The van der Waals surface area contributed by atoms with Crippen LogP contribution in [0.25, 0.3) is 0 Å². The second-order valence-electron chi connectivity index (χ2n) is 3.00. The molecule has 0 heterocycles. The minimum absolute atomic E-state index is 0.0475. The maximum atomic E-state index is 10.9. The Bertz CT molecular complexity index is 153. The quantitative estimate of drug-likeness (QED) is 0.518. The fourth-order valence-corrected chi connectivity index (χ4v) is 1.50. The van der Waals surface area contributed by atoms with Crippen molar-refractivity contribution in [3.05, 3.63) is 0 Å². The summed E-state index contributed by atoms with van der Waals surface area (Å²) in [5, 5.41) is 0. The molecule has 0 aromatic heterocycles. The lowest BCUT2D eigenvalue weighted by Crippen LogP contribution is -2.23. The molecule has 0 amide bonds. The Balaban J connectivity index is 2.24. The van der Waals surface area contributed by atoms with E-state index in [1.807, 2.05) is 0 Å². The monoisotopic (exact) mass is 210 g/mol. The van der Waals surface area contributed by atoms with Crippen molar-refractivity contribution in [1.29, 1.82) is 0 Å². The summed E-state index contributed by atoms with van der Waals surface area (Å²) < 4.78 is 5.05. The van der Waals surface area contributed by atoms with Gasteiger partial charge in [0.05, 0.1) is 0 Å². The number of halogens is 2. The van der Waals surface area contributed by atoms with Crippen LogP contribution in [0.5, 0.6) is 0 Å². The average molecular weight is 211 g/mol. The van der Waals surface area contributed by atoms with E-state index >= 15 is 0 Å². The molecule has 0 aromatic carbocycles. The van der Waals surface area contributed by atoms with Crippen LogP contribution in [0.15, 0.2) is 0 Å². The molecule has 0 N–H and O–H groups in total. The van der Waals surface area contributed by atoms with E-state index in [1.165, 1.54) is 6.42 Å². The third-order valence-electron chi connectivity index (χ3n) is 2.01. The van der Waals surface area contributed by atoms with Crippen LogP contribution in [0, 0.1) is 0 Å². The fraction of sp³-hybridized carbons (Fsp3) is 0.875. The molecule has 1 fully saturated rings. The minimum atomic E-state index is -1.04. The van der Waals surface area contributed by atoms with E-state index in [0.29, 0.717) is 0 Å². The maximum absolute atomic E-state index is 10.9. The van der Waals surface area contributed by atoms with E-state index < -0.39 is 10.8 Å². The van der Waals surface area contributed by atoms with Gasteiger partial charge in [-0.1, -0.05) is 29.6 Å². The lowest BCUT2D eigenvalue weighted by molar-refractivity contribution is -0.148. The van der Waals surface area contributed by atoms with Gasteiger partial charge in [0.25, 0.3) is 0 Å². The smallest absolute Gasteiger partial charge is 0.339 e. The van der Waals surface area contributed by atoms with E-state index in [2.05, 4.69) is 0 Å². The summed E-state index contributed by atoms with van der Waals surface area (Å²) in [4.78, 5) is 9.89. The zero-order valence-corrected chi connectivity index (χ0v) is 8.27. The van der Waals surface area contributed by atoms with Crippen LogP contribution >= 0.6 is 23.2 Å². The molecule has 0 radical (unpaired) electrons. The molecule has 1 aliphatic carbocycles. The molecule has 0 unspecified atom stereocenters. The van der Waals surface area contributed by atoms with Crippen molar-refractivity contribution >= 4 is 29.2 Å². The van der Waals surface area contributed by atoms with Gasteiger partial charge in [0.2, 0.25) is 4.84 Å². The normalized spacial score (nSPS) is 19.6. The Kier molecular flexibility index (Phi) is 4.16. The number of rotatable bonds is 2. The van der Waals surface area contributed by atoms with Crippen molar-refractivity contribution < 1.29 is 9.53 Å². The van der Waals surface area contributed by atoms with Crippen LogP contribution in [0.1, 0.15) is 32.1 Å². The second kappa shape index (κ2) is 4.93. The zero-order chi connectivity index (χ0) is 8.97. The van der Waals surface area contributed by atoms with Crippen molar-refractivity contribution in [3.63, 3.8) is 0 Å². The molecule has 0 aromatic rings. The number of carbonyl (C=O) groups is 1. The number of esters is 1. The van der Waals surface area contributed by atoms with Crippen molar-refractivity contribution in [2.75, 3.05) is 0 Å². The van der Waals surface area contributed by atoms with Crippen molar-refractivity contribution in [2.24, 2.45) is 0 Å². The van der Waals surface area contributed by atoms with Crippen LogP contribution in [0.4, 0.5) is 0 Å². The Morgan fingerprint density at radius 1 is 1.25 bits per heavy atom. The largest absolute Gasteiger partial charge is 0.460 e. The number of ether oxygens (including phenoxy) is 1. The Labute approximate surface area is 82.2 Å². The second-order valence-corrected chi connectivity index (χ2v) is 4.09. The molecule has 2 nitrogen and oxygen atoms in total. The molecule has 0 saturated heterocycles. The number of hydrogen-bond donors (Lipinski definition) is 0. The van der Waals surface area contributed by atoms with Gasteiger partial charge in [0.15, 0.2) is 0 Å². The molecule has 0 atom stereocenters. The van der Waals surface area contributed by atoms with E-state index in [4.69, 9.17) is 27.9 Å². The van der Waals surface area contributed by atoms with Crippen LogP contribution in [0.3, 0.4) is 0 Å². The highest BCUT2D eigenvalue weighted by atomic mass is 35.5. The molecule has 1 aliphatic rings. The highest BCUT2D eigenvalue weighted by Gasteiger charge is 2.21. The van der Waals surface area contributed by atoms with Gasteiger partial charge in [-0.25, -0.2) is 4.79 Å². The van der Waals surface area contributed by atoms with Gasteiger partial charge in [-0.15, -0.1) is 0 Å². The van der Waals surface area contributed by atoms with E-state index in [0.717, 1.165) is 25.7 Å². The summed E-state index contributed by atoms with van der Waals surface area (Å²) in [6, 6.07) is 0. The number of alkyl halides is 2. The lowest BCUT2D eigenvalue weighted by Gasteiger charge is -2.21. The first-order chi connectivity index (χ1) is 5.70. The topological polar surface area (TPSA) is 26.3 Å². The van der Waals surface area contributed by atoms with E-state index in [-0.39, 0.29) is 6.10 Å². The van der Waals surface area contributed by atoms with Gasteiger partial charge in [0.1, 0.15) is 6.10 Å². The molecule has 0 spiro atoms. The number of hydrogen-bond acceptors (Lipinski definition) is 2. The van der Waals surface area contributed by atoms with Crippen LogP contribution in [-0.2, 0) is 9.53 Å². The first kappa shape index (κ1) is 10.1. The SMILES string of the molecule is O=C(OC1CCCCC1)C(Cl)Cl. The molecule has 12 heavy (non-hydrogen) atoms. The highest BCUT2D eigenvalue weighted by molar-refractivity contribution is 6.52. The first-order valence-electron chi connectivity index (χ1n) is 4.19. The third-order valence-corrected chi connectivity index (χ3v) is 2.37. The zero-order valence-electron chi connectivity index (χ0n) is 6.76. The van der Waals surface area contributed by atoms with Gasteiger partial charge in [-0.2, -0.15) is 0 Å². The molecular weight excluding hydrogens is 199 g/mol. The lowest BCUT2D eigenvalue weighted by atomic mass is 9.98. The third kappa shape index (κ3) is 3.20. The molecule has 70 valence electrons. The summed E-state index contributed by atoms with van der Waals surface area (Å²) in [7, 11) is 0. The fourth-order valence-electron chi connectivity index (χ4n) is 1.40. The van der Waals surface area contributed by atoms with Gasteiger partial charge >= 0.3 is 5.97 Å². The standard InChI is InChI=1S/C8H12Cl2O2/c9-7(10)8(11)12-6-4-2-1-3-5-6/h6-7H,1-5H2. The van der Waals surface area contributed by atoms with E-state index in [9.17, 15) is 4.79 Å². The van der Waals surface area contributed by atoms with Crippen LogP contribution < -0.4 is 0 Å². The highest BCUT2D eigenvalue weighted by Crippen LogP contribution is 2.21. The average Bonchev–Trinajstić information content (AvgIpc) is 2.06. The van der Waals surface area contributed by atoms with Crippen LogP contribution in [0.2, 0.25) is 0 Å². The molecule has 4 heteroatoms. The Hall–Kier alpha value is 0.0500. The van der Waals surface area contributed by atoms with Gasteiger partial charge in [-0.3, -0.25) is 0 Å². The summed E-state index contributed by atoms with van der Waals surface area (Å²) in [6.07, 6.45) is 5.45. The number of carbonyl (C=O) groups excluding carboxylic acids is 1. The van der Waals surface area contributed by atoms with Crippen molar-refractivity contribution in [3.8, 4) is 0 Å². The Morgan fingerprint density at radius 2 is 1.83 bits per heavy atom. The molecule has 0 aliphatic heterocycles. The molecule has 1 rings (SSSR count). The molecular formula is C8H12Cl2O2. The first-order valence-corrected chi connectivity index (χ1v) is 5.06. The van der Waals surface area contributed by atoms with Crippen LogP contribution in [-0.4, -0.2) is 16.9 Å². The predicted molar refractivity (Wildman–Crippen MR) is 48.5 cm³/mol. The minimum Gasteiger partial charge on any atom is -0.460 e. The summed E-state index contributed by atoms with van der Waals surface area (Å²) in [6.45, 7) is 0. The van der Waals surface area contributed by atoms with Crippen molar-refractivity contribution in [1.82, 2.24) is 0 Å². The van der Waals surface area contributed by atoms with Gasteiger partial charge < -0.3 is 4.74 Å². The Morgan fingerprint density at radius 3 is 2.33 bits per heavy atom. The van der Waals surface area contributed by atoms with Crippen molar-refractivity contribution in [2.45, 2.75) is 43.0 Å².